The lowest BCUT2D eigenvalue weighted by atomic mass is 10.1. The highest BCUT2D eigenvalue weighted by atomic mass is 35.5. The first-order chi connectivity index (χ1) is 15.9. The van der Waals surface area contributed by atoms with E-state index >= 15 is 0 Å². The van der Waals surface area contributed by atoms with Crippen LogP contribution in [0.2, 0.25) is 5.02 Å². The van der Waals surface area contributed by atoms with Gasteiger partial charge < -0.3 is 10.2 Å². The quantitative estimate of drug-likeness (QED) is 0.401. The van der Waals surface area contributed by atoms with Gasteiger partial charge in [0, 0.05) is 17.1 Å². The number of benzene rings is 3. The number of halogens is 1. The number of primary amides is 1. The largest absolute Gasteiger partial charge is 0.445 e. The molecule has 4 rings (SSSR count). The van der Waals surface area contributed by atoms with Crippen LogP contribution in [0.1, 0.15) is 17.2 Å². The maximum absolute atomic E-state index is 13.7. The smallest absolute Gasteiger partial charge is 0.244 e. The van der Waals surface area contributed by atoms with Crippen LogP contribution in [0.5, 0.6) is 0 Å². The number of aromatic nitrogens is 1. The molecule has 0 fully saturated rings. The van der Waals surface area contributed by atoms with Crippen molar-refractivity contribution in [2.24, 2.45) is 5.73 Å². The predicted molar refractivity (Wildman–Crippen MR) is 124 cm³/mol. The van der Waals surface area contributed by atoms with Gasteiger partial charge in [-0.3, -0.25) is 4.79 Å². The third-order valence-electron chi connectivity index (χ3n) is 5.06. The Balaban J connectivity index is 1.77. The zero-order valence-electron chi connectivity index (χ0n) is 17.3. The molecule has 33 heavy (non-hydrogen) atoms. The van der Waals surface area contributed by atoms with Crippen molar-refractivity contribution in [3.63, 3.8) is 0 Å². The van der Waals surface area contributed by atoms with Gasteiger partial charge in [0.05, 0.1) is 11.1 Å². The Morgan fingerprint density at radius 1 is 1.00 bits per heavy atom. The summed E-state index contributed by atoms with van der Waals surface area (Å²) < 4.78 is 33.7. The van der Waals surface area contributed by atoms with Crippen LogP contribution in [0.15, 0.2) is 101 Å². The van der Waals surface area contributed by atoms with E-state index in [2.05, 4.69) is 4.98 Å². The molecule has 0 spiro atoms. The number of hydrogen-bond acceptors (Lipinski definition) is 5. The minimum atomic E-state index is -4.12. The van der Waals surface area contributed by atoms with Crippen LogP contribution in [-0.2, 0) is 21.4 Å². The van der Waals surface area contributed by atoms with Gasteiger partial charge in [-0.15, -0.1) is 0 Å². The molecule has 4 aromatic rings. The maximum Gasteiger partial charge on any atom is 0.244 e. The van der Waals surface area contributed by atoms with Crippen LogP contribution in [-0.4, -0.2) is 23.6 Å². The van der Waals surface area contributed by atoms with Gasteiger partial charge in [-0.05, 0) is 47.5 Å². The summed E-state index contributed by atoms with van der Waals surface area (Å²) in [6.45, 7) is -0.0840. The Kier molecular flexibility index (Phi) is 6.60. The van der Waals surface area contributed by atoms with Crippen LogP contribution in [0, 0.1) is 0 Å². The van der Waals surface area contributed by atoms with E-state index in [1.165, 1.54) is 30.5 Å². The lowest BCUT2D eigenvalue weighted by Gasteiger charge is -2.29. The number of carbonyl (C=O) groups is 1. The average molecular weight is 482 g/mol. The van der Waals surface area contributed by atoms with Crippen LogP contribution < -0.4 is 5.73 Å². The van der Waals surface area contributed by atoms with Crippen molar-refractivity contribution in [1.82, 2.24) is 9.29 Å². The summed E-state index contributed by atoms with van der Waals surface area (Å²) in [5.74, 6) is -0.332. The molecular weight excluding hydrogens is 462 g/mol. The Labute approximate surface area is 196 Å². The predicted octanol–water partition coefficient (Wildman–Crippen LogP) is 4.41. The van der Waals surface area contributed by atoms with Gasteiger partial charge in [0.1, 0.15) is 12.3 Å². The molecule has 0 aliphatic carbocycles. The highest BCUT2D eigenvalue weighted by molar-refractivity contribution is 7.89. The third kappa shape index (κ3) is 4.98. The third-order valence-corrected chi connectivity index (χ3v) is 7.14. The molecule has 0 aliphatic rings. The van der Waals surface area contributed by atoms with Crippen molar-refractivity contribution in [3.8, 4) is 11.5 Å². The maximum atomic E-state index is 13.7. The topological polar surface area (TPSA) is 106 Å². The molecule has 0 aliphatic heterocycles. The second-order valence-electron chi connectivity index (χ2n) is 7.25. The number of rotatable bonds is 8. The second kappa shape index (κ2) is 9.58. The molecule has 0 bridgehead atoms. The molecule has 1 heterocycles. The zero-order valence-corrected chi connectivity index (χ0v) is 18.9. The van der Waals surface area contributed by atoms with Crippen molar-refractivity contribution in [3.05, 3.63) is 107 Å². The monoisotopic (exact) mass is 481 g/mol. The lowest BCUT2D eigenvalue weighted by molar-refractivity contribution is -0.122. The van der Waals surface area contributed by atoms with E-state index in [-0.39, 0.29) is 11.4 Å². The SMILES string of the molecule is NC(=O)[C@@H](c1ccccc1)N(Cc1ccc(-c2ncco2)cc1)S(=O)(=O)c1ccc(Cl)cc1. The van der Waals surface area contributed by atoms with Gasteiger partial charge in [-0.2, -0.15) is 4.31 Å². The summed E-state index contributed by atoms with van der Waals surface area (Å²) in [7, 11) is -4.12. The van der Waals surface area contributed by atoms with Gasteiger partial charge in [-0.1, -0.05) is 54.1 Å². The van der Waals surface area contributed by atoms with E-state index in [0.29, 0.717) is 22.0 Å². The summed E-state index contributed by atoms with van der Waals surface area (Å²) in [5.41, 5.74) is 7.59. The van der Waals surface area contributed by atoms with Crippen LogP contribution in [0.25, 0.3) is 11.5 Å². The van der Waals surface area contributed by atoms with Crippen molar-refractivity contribution in [2.75, 3.05) is 0 Å². The van der Waals surface area contributed by atoms with Crippen molar-refractivity contribution < 1.29 is 17.6 Å². The molecule has 9 heteroatoms. The normalized spacial score (nSPS) is 12.5. The second-order valence-corrected chi connectivity index (χ2v) is 9.58. The summed E-state index contributed by atoms with van der Waals surface area (Å²) in [6, 6.07) is 20.2. The molecule has 0 unspecified atom stereocenters. The molecule has 1 aromatic heterocycles. The van der Waals surface area contributed by atoms with E-state index in [1.807, 2.05) is 0 Å². The summed E-state index contributed by atoms with van der Waals surface area (Å²) >= 11 is 5.94. The van der Waals surface area contributed by atoms with Crippen molar-refractivity contribution >= 4 is 27.5 Å². The summed E-state index contributed by atoms with van der Waals surface area (Å²) in [4.78, 5) is 16.7. The van der Waals surface area contributed by atoms with Crippen LogP contribution in [0.4, 0.5) is 0 Å². The molecular formula is C24H20ClN3O4S. The molecule has 0 saturated heterocycles. The minimum absolute atomic E-state index is 0.00508. The van der Waals surface area contributed by atoms with Crippen LogP contribution >= 0.6 is 11.6 Å². The molecule has 0 saturated carbocycles. The number of nitrogens with zero attached hydrogens (tertiary/aromatic N) is 2. The number of carbonyl (C=O) groups excluding carboxylic acids is 1. The Morgan fingerprint density at radius 2 is 1.67 bits per heavy atom. The van der Waals surface area contributed by atoms with Crippen molar-refractivity contribution in [2.45, 2.75) is 17.5 Å². The fraction of sp³-hybridized carbons (Fsp3) is 0.0833. The van der Waals surface area contributed by atoms with E-state index in [4.69, 9.17) is 21.8 Å². The van der Waals surface area contributed by atoms with Gasteiger partial charge in [0.2, 0.25) is 21.8 Å². The molecule has 2 N–H and O–H groups in total. The zero-order chi connectivity index (χ0) is 23.4. The van der Waals surface area contributed by atoms with Gasteiger partial charge in [-0.25, -0.2) is 13.4 Å². The minimum Gasteiger partial charge on any atom is -0.445 e. The Bertz CT molecular complexity index is 1330. The first-order valence-corrected chi connectivity index (χ1v) is 11.8. The van der Waals surface area contributed by atoms with E-state index in [1.54, 1.807) is 60.8 Å². The highest BCUT2D eigenvalue weighted by Crippen LogP contribution is 2.31. The fourth-order valence-corrected chi connectivity index (χ4v) is 5.16. The lowest BCUT2D eigenvalue weighted by Crippen LogP contribution is -2.41. The van der Waals surface area contributed by atoms with Gasteiger partial charge in [0.15, 0.2) is 0 Å². The number of oxazole rings is 1. The molecule has 3 aromatic carbocycles. The first-order valence-electron chi connectivity index (χ1n) is 9.97. The standard InChI is InChI=1S/C24H20ClN3O4S/c25-20-10-12-21(13-11-20)33(30,31)28(22(23(26)29)18-4-2-1-3-5-18)16-17-6-8-19(9-7-17)24-27-14-15-32-24/h1-15,22H,16H2,(H2,26,29)/t22-/m1/s1. The number of nitrogens with two attached hydrogens (primary N) is 1. The molecule has 168 valence electrons. The molecule has 1 amide bonds. The molecule has 7 nitrogen and oxygen atoms in total. The fourth-order valence-electron chi connectivity index (χ4n) is 3.46. The summed E-state index contributed by atoms with van der Waals surface area (Å²) in [6.07, 6.45) is 3.02. The van der Waals surface area contributed by atoms with E-state index in [9.17, 15) is 13.2 Å². The number of hydrogen-bond donors (Lipinski definition) is 1. The highest BCUT2D eigenvalue weighted by Gasteiger charge is 2.36. The average Bonchev–Trinajstić information content (AvgIpc) is 3.35. The molecule has 1 atom stereocenters. The molecule has 0 radical (unpaired) electrons. The number of sulfonamides is 1. The van der Waals surface area contributed by atoms with Gasteiger partial charge in [0.25, 0.3) is 0 Å². The van der Waals surface area contributed by atoms with Crippen LogP contribution in [0.3, 0.4) is 0 Å². The summed E-state index contributed by atoms with van der Waals surface area (Å²) in [5, 5.41) is 0.400. The van der Waals surface area contributed by atoms with E-state index in [0.717, 1.165) is 9.87 Å². The van der Waals surface area contributed by atoms with Crippen molar-refractivity contribution in [1.29, 1.82) is 0 Å². The first kappa shape index (κ1) is 22.7. The Morgan fingerprint density at radius 3 is 2.24 bits per heavy atom. The number of amides is 1. The van der Waals surface area contributed by atoms with Gasteiger partial charge >= 0.3 is 0 Å². The van der Waals surface area contributed by atoms with E-state index < -0.39 is 22.0 Å². The Hall–Kier alpha value is -3.46.